The van der Waals surface area contributed by atoms with Crippen LogP contribution in [0.15, 0.2) is 24.3 Å². The lowest BCUT2D eigenvalue weighted by Gasteiger charge is -2.26. The molecule has 27 heavy (non-hydrogen) atoms. The Morgan fingerprint density at radius 3 is 2.44 bits per heavy atom. The van der Waals surface area contributed by atoms with Gasteiger partial charge in [-0.1, -0.05) is 6.92 Å². The lowest BCUT2D eigenvalue weighted by atomic mass is 10.2. The summed E-state index contributed by atoms with van der Waals surface area (Å²) in [6.45, 7) is 4.78. The molecule has 9 nitrogen and oxygen atoms in total. The Hall–Kier alpha value is -2.94. The van der Waals surface area contributed by atoms with Crippen molar-refractivity contribution >= 4 is 23.5 Å². The number of rotatable bonds is 8. The van der Waals surface area contributed by atoms with Gasteiger partial charge in [0.05, 0.1) is 19.7 Å². The number of nitrogens with zero attached hydrogens (tertiary/aromatic N) is 5. The molecule has 1 amide bonds. The highest BCUT2D eigenvalue weighted by Gasteiger charge is 2.21. The zero-order chi connectivity index (χ0) is 20.0. The third-order valence-electron chi connectivity index (χ3n) is 4.11. The number of aromatic nitrogens is 3. The fourth-order valence-corrected chi connectivity index (χ4v) is 2.53. The van der Waals surface area contributed by atoms with E-state index in [1.165, 1.54) is 0 Å². The Morgan fingerprint density at radius 1 is 1.22 bits per heavy atom. The summed E-state index contributed by atoms with van der Waals surface area (Å²) in [5.41, 5.74) is 6.52. The summed E-state index contributed by atoms with van der Waals surface area (Å²) >= 11 is 0. The molecule has 0 bridgehead atoms. The van der Waals surface area contributed by atoms with Gasteiger partial charge in [0.15, 0.2) is 5.82 Å². The molecule has 0 aliphatic heterocycles. The summed E-state index contributed by atoms with van der Waals surface area (Å²) in [5.74, 6) is 1.80. The highest BCUT2D eigenvalue weighted by atomic mass is 16.5. The molecule has 1 heterocycles. The number of nitrogen functional groups attached to an aromatic ring is 1. The van der Waals surface area contributed by atoms with Crippen molar-refractivity contribution in [3.05, 3.63) is 30.1 Å². The van der Waals surface area contributed by atoms with Crippen LogP contribution in [0.1, 0.15) is 25.7 Å². The number of carbonyl (C=O) groups excluding carboxylic acids is 1. The number of likely N-dealkylation sites (N-methyl/N-ethyl adjacent to an activating group) is 1. The van der Waals surface area contributed by atoms with Crippen molar-refractivity contribution in [1.29, 1.82) is 0 Å². The van der Waals surface area contributed by atoms with Crippen molar-refractivity contribution < 1.29 is 9.53 Å². The summed E-state index contributed by atoms with van der Waals surface area (Å²) < 4.78 is 5.12. The van der Waals surface area contributed by atoms with Crippen LogP contribution in [0.4, 0.5) is 17.6 Å². The van der Waals surface area contributed by atoms with E-state index >= 15 is 0 Å². The average Bonchev–Trinajstić information content (AvgIpc) is 2.65. The second-order valence-corrected chi connectivity index (χ2v) is 6.26. The van der Waals surface area contributed by atoms with Gasteiger partial charge in [0.25, 0.3) is 0 Å². The van der Waals surface area contributed by atoms with E-state index in [1.807, 2.05) is 32.8 Å². The minimum atomic E-state index is -0.194. The molecule has 146 valence electrons. The standard InChI is InChI=1S/C18H27N7O2/c1-6-25(11-15(26)20-13-7-9-14(27-5)10-8-13)12(2)16-21-17(19)23-18(22-16)24(3)4/h7-10,12H,6,11H2,1-5H3,(H,20,26)(H2,19,21,22,23). The molecular weight excluding hydrogens is 346 g/mol. The highest BCUT2D eigenvalue weighted by Crippen LogP contribution is 2.19. The van der Waals surface area contributed by atoms with Crippen LogP contribution in [0.5, 0.6) is 5.75 Å². The fraction of sp³-hybridized carbons (Fsp3) is 0.444. The molecule has 0 aliphatic rings. The first-order valence-electron chi connectivity index (χ1n) is 8.70. The Morgan fingerprint density at radius 2 is 1.89 bits per heavy atom. The van der Waals surface area contributed by atoms with Crippen LogP contribution in [0.2, 0.25) is 0 Å². The van der Waals surface area contributed by atoms with Gasteiger partial charge >= 0.3 is 0 Å². The summed E-state index contributed by atoms with van der Waals surface area (Å²) in [6, 6.07) is 7.00. The van der Waals surface area contributed by atoms with Crippen LogP contribution in [0, 0.1) is 0 Å². The van der Waals surface area contributed by atoms with Crippen LogP contribution < -0.4 is 20.7 Å². The van der Waals surface area contributed by atoms with E-state index in [0.717, 1.165) is 5.75 Å². The van der Waals surface area contributed by atoms with Crippen molar-refractivity contribution in [2.75, 3.05) is 50.2 Å². The Bertz CT molecular complexity index is 765. The molecule has 1 aromatic heterocycles. The van der Waals surface area contributed by atoms with Crippen molar-refractivity contribution in [2.45, 2.75) is 19.9 Å². The van der Waals surface area contributed by atoms with E-state index in [9.17, 15) is 4.79 Å². The topological polar surface area (TPSA) is 110 Å². The number of ether oxygens (including phenoxy) is 1. The molecule has 2 aromatic rings. The quantitative estimate of drug-likeness (QED) is 0.717. The molecule has 9 heteroatoms. The van der Waals surface area contributed by atoms with E-state index in [-0.39, 0.29) is 24.4 Å². The first-order chi connectivity index (χ1) is 12.8. The van der Waals surface area contributed by atoms with Gasteiger partial charge in [0, 0.05) is 19.8 Å². The summed E-state index contributed by atoms with van der Waals surface area (Å²) in [4.78, 5) is 29.0. The molecule has 1 aromatic carbocycles. The molecule has 0 spiro atoms. The zero-order valence-corrected chi connectivity index (χ0v) is 16.4. The van der Waals surface area contributed by atoms with Gasteiger partial charge in [0.2, 0.25) is 17.8 Å². The third-order valence-corrected chi connectivity index (χ3v) is 4.11. The first kappa shape index (κ1) is 20.4. The molecule has 0 fully saturated rings. The smallest absolute Gasteiger partial charge is 0.238 e. The van der Waals surface area contributed by atoms with Crippen LogP contribution in [-0.4, -0.2) is 60.1 Å². The monoisotopic (exact) mass is 373 g/mol. The third kappa shape index (κ3) is 5.52. The lowest BCUT2D eigenvalue weighted by Crippen LogP contribution is -2.36. The minimum Gasteiger partial charge on any atom is -0.497 e. The van der Waals surface area contributed by atoms with Crippen LogP contribution >= 0.6 is 0 Å². The predicted octanol–water partition coefficient (Wildman–Crippen LogP) is 1.55. The summed E-state index contributed by atoms with van der Waals surface area (Å²) in [6.07, 6.45) is 0. The van der Waals surface area contributed by atoms with Gasteiger partial charge in [-0.3, -0.25) is 9.69 Å². The molecule has 0 aliphatic carbocycles. The van der Waals surface area contributed by atoms with Gasteiger partial charge in [0.1, 0.15) is 5.75 Å². The van der Waals surface area contributed by atoms with Crippen molar-refractivity contribution in [2.24, 2.45) is 0 Å². The molecule has 0 saturated carbocycles. The zero-order valence-electron chi connectivity index (χ0n) is 16.4. The maximum Gasteiger partial charge on any atom is 0.238 e. The van der Waals surface area contributed by atoms with Gasteiger partial charge in [-0.15, -0.1) is 0 Å². The SMILES string of the molecule is CCN(CC(=O)Nc1ccc(OC)cc1)C(C)c1nc(N)nc(N(C)C)n1. The molecule has 1 atom stereocenters. The number of methoxy groups -OCH3 is 1. The minimum absolute atomic E-state index is 0.122. The number of hydrogen-bond donors (Lipinski definition) is 2. The highest BCUT2D eigenvalue weighted by molar-refractivity contribution is 5.92. The number of carbonyl (C=O) groups is 1. The second kappa shape index (κ2) is 9.13. The fourth-order valence-electron chi connectivity index (χ4n) is 2.53. The Balaban J connectivity index is 2.07. The molecular formula is C18H27N7O2. The number of nitrogens with one attached hydrogen (secondary N) is 1. The average molecular weight is 373 g/mol. The number of hydrogen-bond acceptors (Lipinski definition) is 8. The van der Waals surface area contributed by atoms with Crippen molar-refractivity contribution in [3.8, 4) is 5.75 Å². The maximum absolute atomic E-state index is 12.4. The molecule has 0 radical (unpaired) electrons. The number of nitrogens with two attached hydrogens (primary N) is 1. The number of amides is 1. The number of benzene rings is 1. The molecule has 2 rings (SSSR count). The lowest BCUT2D eigenvalue weighted by molar-refractivity contribution is -0.117. The van der Waals surface area contributed by atoms with Crippen LogP contribution in [-0.2, 0) is 4.79 Å². The predicted molar refractivity (Wildman–Crippen MR) is 106 cm³/mol. The van der Waals surface area contributed by atoms with E-state index < -0.39 is 0 Å². The van der Waals surface area contributed by atoms with Gasteiger partial charge in [-0.25, -0.2) is 0 Å². The Labute approximate surface area is 159 Å². The van der Waals surface area contributed by atoms with E-state index in [4.69, 9.17) is 10.5 Å². The Kier molecular flexibility index (Phi) is 6.89. The molecule has 0 saturated heterocycles. The van der Waals surface area contributed by atoms with E-state index in [0.29, 0.717) is 24.0 Å². The van der Waals surface area contributed by atoms with Crippen molar-refractivity contribution in [1.82, 2.24) is 19.9 Å². The summed E-state index contributed by atoms with van der Waals surface area (Å²) in [5, 5.41) is 2.88. The molecule has 1 unspecified atom stereocenters. The summed E-state index contributed by atoms with van der Waals surface area (Å²) in [7, 11) is 5.27. The van der Waals surface area contributed by atoms with Crippen LogP contribution in [0.3, 0.4) is 0 Å². The van der Waals surface area contributed by atoms with Crippen molar-refractivity contribution in [3.63, 3.8) is 0 Å². The first-order valence-corrected chi connectivity index (χ1v) is 8.70. The normalized spacial score (nSPS) is 11.9. The van der Waals surface area contributed by atoms with E-state index in [2.05, 4.69) is 20.3 Å². The second-order valence-electron chi connectivity index (χ2n) is 6.26. The molecule has 3 N–H and O–H groups in total. The largest absolute Gasteiger partial charge is 0.497 e. The van der Waals surface area contributed by atoms with E-state index in [1.54, 1.807) is 36.3 Å². The maximum atomic E-state index is 12.4. The van der Waals surface area contributed by atoms with Gasteiger partial charge in [-0.2, -0.15) is 15.0 Å². The van der Waals surface area contributed by atoms with Crippen LogP contribution in [0.25, 0.3) is 0 Å². The van der Waals surface area contributed by atoms with Gasteiger partial charge < -0.3 is 20.7 Å². The number of anilines is 3. The van der Waals surface area contributed by atoms with Gasteiger partial charge in [-0.05, 0) is 37.7 Å².